The maximum Gasteiger partial charge on any atom is 0.410 e. The molecule has 2 aliphatic heterocycles. The zero-order valence-electron chi connectivity index (χ0n) is 54.6. The van der Waals surface area contributed by atoms with E-state index in [4.69, 9.17) is 42.6 Å². The Morgan fingerprint density at radius 1 is 0.274 bits per heavy atom. The van der Waals surface area contributed by atoms with Crippen LogP contribution in [0.15, 0.2) is 182 Å². The second-order valence-electron chi connectivity index (χ2n) is 23.0. The normalized spacial score (nSPS) is 15.7. The summed E-state index contributed by atoms with van der Waals surface area (Å²) in [6.45, 7) is 3.99. The zero-order chi connectivity index (χ0) is 66.7. The smallest absolute Gasteiger partial charge is 0.410 e. The topological polar surface area (TPSA) is 211 Å². The van der Waals surface area contributed by atoms with Gasteiger partial charge >= 0.3 is 36.6 Å². The minimum absolute atomic E-state index is 0.0349. The molecule has 95 heavy (non-hydrogen) atoms. The summed E-state index contributed by atoms with van der Waals surface area (Å²) >= 11 is 0. The van der Waals surface area contributed by atoms with Crippen molar-refractivity contribution in [3.05, 3.63) is 215 Å². The van der Waals surface area contributed by atoms with Gasteiger partial charge in [-0.2, -0.15) is 0 Å². The Labute approximate surface area is 557 Å². The molecule has 23 heteroatoms. The monoisotopic (exact) mass is 1310 g/mol. The molecule has 0 bridgehead atoms. The number of benzene rings is 6. The van der Waals surface area contributed by atoms with Gasteiger partial charge in [-0.05, 0) is 33.4 Å². The predicted molar refractivity (Wildman–Crippen MR) is 354 cm³/mol. The molecule has 23 nitrogen and oxygen atoms in total. The molecule has 508 valence electrons. The maximum atomic E-state index is 14.1. The fourth-order valence-electron chi connectivity index (χ4n) is 10.5. The van der Waals surface area contributed by atoms with Crippen molar-refractivity contribution in [3.8, 4) is 0 Å². The summed E-state index contributed by atoms with van der Waals surface area (Å²) in [7, 11) is 3.20. The Bertz CT molecular complexity index is 2850. The number of carbonyl (C=O) groups excluding carboxylic acids is 6. The number of carbonyl (C=O) groups is 6. The van der Waals surface area contributed by atoms with Crippen LogP contribution in [0.5, 0.6) is 0 Å². The van der Waals surface area contributed by atoms with Gasteiger partial charge in [0.2, 0.25) is 0 Å². The molecule has 8 rings (SSSR count). The third kappa shape index (κ3) is 25.5. The van der Waals surface area contributed by atoms with Gasteiger partial charge in [-0.1, -0.05) is 182 Å². The molecule has 0 aromatic heterocycles. The number of methoxy groups -OCH3 is 2. The van der Waals surface area contributed by atoms with Crippen LogP contribution >= 0.6 is 0 Å². The molecule has 2 heterocycles. The molecule has 2 atom stereocenters. The summed E-state index contributed by atoms with van der Waals surface area (Å²) in [6, 6.07) is 56.2. The summed E-state index contributed by atoms with van der Waals surface area (Å²) in [6.07, 6.45) is -4.43. The largest absolute Gasteiger partial charge is 0.445 e. The number of hydrogen-bond acceptors (Lipinski definition) is 17. The van der Waals surface area contributed by atoms with E-state index >= 15 is 0 Å². The van der Waals surface area contributed by atoms with E-state index in [1.165, 1.54) is 9.80 Å². The Morgan fingerprint density at radius 3 is 0.611 bits per heavy atom. The van der Waals surface area contributed by atoms with E-state index in [1.54, 1.807) is 33.8 Å². The molecule has 0 spiro atoms. The minimum Gasteiger partial charge on any atom is -0.445 e. The van der Waals surface area contributed by atoms with Crippen LogP contribution < -0.4 is 0 Å². The first-order valence-electron chi connectivity index (χ1n) is 32.3. The average Bonchev–Trinajstić information content (AvgIpc) is 2.32. The first kappa shape index (κ1) is 71.6. The van der Waals surface area contributed by atoms with Gasteiger partial charge in [0.05, 0.1) is 25.4 Å². The lowest BCUT2D eigenvalue weighted by molar-refractivity contribution is -0.0522. The number of amides is 6. The molecule has 6 aromatic carbocycles. The molecule has 0 N–H and O–H groups in total. The molecular formula is C72H90N8O15. The Hall–Kier alpha value is -9.26. The average molecular weight is 1310 g/mol. The molecule has 2 unspecified atom stereocenters. The lowest BCUT2D eigenvalue weighted by Crippen LogP contribution is -2.51. The lowest BCUT2D eigenvalue weighted by atomic mass is 10.2. The molecule has 6 amide bonds. The standard InChI is InChI=1S/C72H90N8O15/c1-87-65(49-73-33-37-75(67(81)90-51-59-21-9-3-10-22-59)41-45-79(71(85)94-55-63-29-17-7-18-30-63)46-42-76(38-34-73)68(82)91-52-60-23-11-4-12-24-60)57-89-58-66(88-2)50-74-35-39-77(69(83)92-53-61-25-13-5-14-26-61)43-47-80(72(86)95-56-64-31-19-8-20-32-64)48-44-78(40-36-74)70(84)93-54-62-27-15-6-16-28-62/h3-32,65-66H,33-58H2,1-2H3. The molecular weight excluding hydrogens is 1220 g/mol. The van der Waals surface area contributed by atoms with E-state index in [2.05, 4.69) is 9.80 Å². The van der Waals surface area contributed by atoms with Gasteiger partial charge in [0.15, 0.2) is 0 Å². The zero-order valence-corrected chi connectivity index (χ0v) is 54.6. The molecule has 2 saturated heterocycles. The highest BCUT2D eigenvalue weighted by molar-refractivity contribution is 5.71. The van der Waals surface area contributed by atoms with Crippen LogP contribution in [0.25, 0.3) is 0 Å². The van der Waals surface area contributed by atoms with Crippen molar-refractivity contribution < 1.29 is 71.4 Å². The molecule has 0 aliphatic carbocycles. The third-order valence-electron chi connectivity index (χ3n) is 16.3. The van der Waals surface area contributed by atoms with Crippen LogP contribution in [-0.4, -0.2) is 233 Å². The summed E-state index contributed by atoms with van der Waals surface area (Å²) in [5.41, 5.74) is 4.89. The van der Waals surface area contributed by atoms with Gasteiger partial charge in [0, 0.05) is 132 Å². The van der Waals surface area contributed by atoms with E-state index in [0.717, 1.165) is 33.4 Å². The molecule has 2 aliphatic rings. The van der Waals surface area contributed by atoms with Gasteiger partial charge in [0.1, 0.15) is 39.6 Å². The van der Waals surface area contributed by atoms with E-state index in [0.29, 0.717) is 39.3 Å². The van der Waals surface area contributed by atoms with Gasteiger partial charge in [-0.15, -0.1) is 0 Å². The Kier molecular flexibility index (Phi) is 30.2. The summed E-state index contributed by atoms with van der Waals surface area (Å²) in [5, 5.41) is 0. The van der Waals surface area contributed by atoms with Gasteiger partial charge in [0.25, 0.3) is 0 Å². The highest BCUT2D eigenvalue weighted by atomic mass is 16.6. The van der Waals surface area contributed by atoms with Crippen LogP contribution in [0.4, 0.5) is 28.8 Å². The number of rotatable bonds is 22. The summed E-state index contributed by atoms with van der Waals surface area (Å²) < 4.78 is 53.7. The van der Waals surface area contributed by atoms with Crippen LogP contribution in [-0.2, 0) is 82.3 Å². The van der Waals surface area contributed by atoms with Crippen molar-refractivity contribution in [2.24, 2.45) is 0 Å². The summed E-state index contributed by atoms with van der Waals surface area (Å²) in [4.78, 5) is 97.5. The minimum atomic E-state index is -0.597. The van der Waals surface area contributed by atoms with Crippen molar-refractivity contribution in [1.29, 1.82) is 0 Å². The molecule has 0 saturated carbocycles. The van der Waals surface area contributed by atoms with Crippen LogP contribution in [0.2, 0.25) is 0 Å². The van der Waals surface area contributed by atoms with E-state index in [9.17, 15) is 28.8 Å². The fraction of sp³-hybridized carbons (Fsp3) is 0.417. The van der Waals surface area contributed by atoms with Crippen molar-refractivity contribution in [1.82, 2.24) is 39.2 Å². The maximum absolute atomic E-state index is 14.1. The van der Waals surface area contributed by atoms with E-state index in [1.807, 2.05) is 182 Å². The quantitative estimate of drug-likeness (QED) is 0.0579. The highest BCUT2D eigenvalue weighted by Gasteiger charge is 2.30. The van der Waals surface area contributed by atoms with Gasteiger partial charge in [-0.25, -0.2) is 28.8 Å². The van der Waals surface area contributed by atoms with Gasteiger partial charge in [-0.3, -0.25) is 9.80 Å². The molecule has 0 radical (unpaired) electrons. The second-order valence-corrected chi connectivity index (χ2v) is 23.0. The number of nitrogens with zero attached hydrogens (tertiary/aromatic N) is 8. The van der Waals surface area contributed by atoms with Crippen molar-refractivity contribution in [3.63, 3.8) is 0 Å². The SMILES string of the molecule is COC(COCC(CN1CCN(C(=O)OCc2ccccc2)CCN(C(=O)OCc2ccccc2)CCN(C(=O)OCc2ccccc2)CC1)OC)CN1CCN(C(=O)OCc2ccccc2)CCN(C(=O)OCc2ccccc2)CCN(C(=O)OCc2ccccc2)CC1. The van der Waals surface area contributed by atoms with Crippen LogP contribution in [0.3, 0.4) is 0 Å². The number of hydrogen-bond donors (Lipinski definition) is 0. The van der Waals surface area contributed by atoms with Crippen molar-refractivity contribution in [2.45, 2.75) is 51.8 Å². The van der Waals surface area contributed by atoms with Gasteiger partial charge < -0.3 is 72.0 Å². The predicted octanol–water partition coefficient (Wildman–Crippen LogP) is 9.50. The lowest BCUT2D eigenvalue weighted by Gasteiger charge is -2.35. The third-order valence-corrected chi connectivity index (χ3v) is 16.3. The Morgan fingerprint density at radius 2 is 0.442 bits per heavy atom. The first-order valence-corrected chi connectivity index (χ1v) is 32.3. The van der Waals surface area contributed by atoms with E-state index in [-0.39, 0.29) is 131 Å². The second kappa shape index (κ2) is 40.1. The fourth-order valence-corrected chi connectivity index (χ4v) is 10.5. The van der Waals surface area contributed by atoms with Crippen molar-refractivity contribution >= 4 is 36.6 Å². The molecule has 6 aromatic rings. The first-order chi connectivity index (χ1) is 46.5. The van der Waals surface area contributed by atoms with Crippen LogP contribution in [0, 0.1) is 0 Å². The highest BCUT2D eigenvalue weighted by Crippen LogP contribution is 2.15. The van der Waals surface area contributed by atoms with Crippen LogP contribution in [0.1, 0.15) is 33.4 Å². The Balaban J connectivity index is 0.954. The van der Waals surface area contributed by atoms with E-state index < -0.39 is 48.8 Å². The number of ether oxygens (including phenoxy) is 9. The van der Waals surface area contributed by atoms with Crippen molar-refractivity contribution in [2.75, 3.05) is 145 Å². The summed E-state index contributed by atoms with van der Waals surface area (Å²) in [5.74, 6) is 0. The molecule has 2 fully saturated rings.